The first-order valence-corrected chi connectivity index (χ1v) is 5.80. The van der Waals surface area contributed by atoms with Gasteiger partial charge in [0, 0.05) is 12.0 Å². The van der Waals surface area contributed by atoms with Gasteiger partial charge in [-0.05, 0) is 17.7 Å². The highest BCUT2D eigenvalue weighted by Gasteiger charge is 2.10. The summed E-state index contributed by atoms with van der Waals surface area (Å²) in [6.45, 7) is 3.74. The van der Waals surface area contributed by atoms with Crippen LogP contribution < -0.4 is 10.5 Å². The van der Waals surface area contributed by atoms with Gasteiger partial charge in [0.05, 0.1) is 6.20 Å². The first kappa shape index (κ1) is 12.8. The van der Waals surface area contributed by atoms with Crippen molar-refractivity contribution in [3.8, 4) is 5.75 Å². The Labute approximate surface area is 111 Å². The van der Waals surface area contributed by atoms with E-state index in [2.05, 4.69) is 11.6 Å². The van der Waals surface area contributed by atoms with Crippen LogP contribution in [0.5, 0.6) is 5.75 Å². The van der Waals surface area contributed by atoms with Crippen LogP contribution in [0.4, 0.5) is 5.82 Å². The first-order valence-electron chi connectivity index (χ1n) is 5.80. The van der Waals surface area contributed by atoms with Crippen molar-refractivity contribution in [1.29, 1.82) is 0 Å². The Kier molecular flexibility index (Phi) is 3.93. The van der Waals surface area contributed by atoms with Gasteiger partial charge in [-0.15, -0.1) is 0 Å². The molecule has 4 nitrogen and oxygen atoms in total. The molecule has 1 aromatic carbocycles. The second kappa shape index (κ2) is 5.82. The van der Waals surface area contributed by atoms with Crippen LogP contribution in [-0.2, 0) is 11.2 Å². The molecule has 1 heterocycles. The number of pyridine rings is 1. The number of nitrogen functional groups attached to an aromatic ring is 1. The SMILES string of the molecule is C=C(Cc1ccccc1)C(=O)Oc1ccc(N)nc1. The molecule has 0 atom stereocenters. The van der Waals surface area contributed by atoms with E-state index in [-0.39, 0.29) is 0 Å². The van der Waals surface area contributed by atoms with E-state index >= 15 is 0 Å². The van der Waals surface area contributed by atoms with Gasteiger partial charge in [-0.1, -0.05) is 36.9 Å². The van der Waals surface area contributed by atoms with Gasteiger partial charge in [-0.25, -0.2) is 9.78 Å². The molecule has 0 amide bonds. The Hall–Kier alpha value is -2.62. The summed E-state index contributed by atoms with van der Waals surface area (Å²) >= 11 is 0. The van der Waals surface area contributed by atoms with Crippen LogP contribution in [-0.4, -0.2) is 11.0 Å². The molecule has 0 aliphatic heterocycles. The van der Waals surface area contributed by atoms with E-state index in [1.807, 2.05) is 30.3 Å². The summed E-state index contributed by atoms with van der Waals surface area (Å²) in [5.74, 6) is 0.270. The van der Waals surface area contributed by atoms with Gasteiger partial charge >= 0.3 is 5.97 Å². The van der Waals surface area contributed by atoms with E-state index < -0.39 is 5.97 Å². The molecule has 0 aliphatic rings. The lowest BCUT2D eigenvalue weighted by molar-refractivity contribution is -0.130. The van der Waals surface area contributed by atoms with Gasteiger partial charge in [0.15, 0.2) is 0 Å². The minimum Gasteiger partial charge on any atom is -0.422 e. The van der Waals surface area contributed by atoms with Crippen LogP contribution in [0.25, 0.3) is 0 Å². The molecule has 0 aliphatic carbocycles. The average Bonchev–Trinajstić information content (AvgIpc) is 2.42. The quantitative estimate of drug-likeness (QED) is 0.672. The van der Waals surface area contributed by atoms with Crippen molar-refractivity contribution in [3.05, 3.63) is 66.4 Å². The van der Waals surface area contributed by atoms with Crippen molar-refractivity contribution in [1.82, 2.24) is 4.98 Å². The monoisotopic (exact) mass is 254 g/mol. The van der Waals surface area contributed by atoms with Crippen LogP contribution in [0.2, 0.25) is 0 Å². The third-order valence-corrected chi connectivity index (χ3v) is 2.52. The molecule has 0 bridgehead atoms. The van der Waals surface area contributed by atoms with E-state index in [0.29, 0.717) is 23.6 Å². The van der Waals surface area contributed by atoms with Crippen LogP contribution in [0.15, 0.2) is 60.8 Å². The minimum atomic E-state index is -0.463. The van der Waals surface area contributed by atoms with Crippen LogP contribution in [0, 0.1) is 0 Å². The number of carbonyl (C=O) groups is 1. The van der Waals surface area contributed by atoms with E-state index in [1.165, 1.54) is 6.20 Å². The smallest absolute Gasteiger partial charge is 0.339 e. The van der Waals surface area contributed by atoms with Gasteiger partial charge < -0.3 is 10.5 Å². The topological polar surface area (TPSA) is 65.2 Å². The largest absolute Gasteiger partial charge is 0.422 e. The lowest BCUT2D eigenvalue weighted by Gasteiger charge is -2.06. The third-order valence-electron chi connectivity index (χ3n) is 2.52. The maximum absolute atomic E-state index is 11.8. The molecule has 0 saturated heterocycles. The predicted octanol–water partition coefficient (Wildman–Crippen LogP) is 2.37. The van der Waals surface area contributed by atoms with E-state index in [4.69, 9.17) is 10.5 Å². The molecule has 1 aromatic heterocycles. The Morgan fingerprint density at radius 1 is 1.21 bits per heavy atom. The number of nitrogens with zero attached hydrogens (tertiary/aromatic N) is 1. The summed E-state index contributed by atoms with van der Waals surface area (Å²) in [6.07, 6.45) is 1.87. The number of nitrogens with two attached hydrogens (primary N) is 1. The summed E-state index contributed by atoms with van der Waals surface area (Å²) in [4.78, 5) is 15.7. The van der Waals surface area contributed by atoms with Crippen LogP contribution in [0.3, 0.4) is 0 Å². The van der Waals surface area contributed by atoms with Gasteiger partial charge in [0.25, 0.3) is 0 Å². The number of rotatable bonds is 4. The van der Waals surface area contributed by atoms with E-state index in [1.54, 1.807) is 12.1 Å². The summed E-state index contributed by atoms with van der Waals surface area (Å²) < 4.78 is 5.15. The average molecular weight is 254 g/mol. The number of esters is 1. The Morgan fingerprint density at radius 3 is 2.58 bits per heavy atom. The number of benzene rings is 1. The molecule has 0 spiro atoms. The zero-order chi connectivity index (χ0) is 13.7. The van der Waals surface area contributed by atoms with Crippen LogP contribution in [0.1, 0.15) is 5.56 Å². The van der Waals surface area contributed by atoms with Crippen molar-refractivity contribution < 1.29 is 9.53 Å². The van der Waals surface area contributed by atoms with E-state index in [9.17, 15) is 4.79 Å². The lowest BCUT2D eigenvalue weighted by atomic mass is 10.1. The summed E-state index contributed by atoms with van der Waals surface area (Å²) in [5.41, 5.74) is 6.86. The summed E-state index contributed by atoms with van der Waals surface area (Å²) in [6, 6.07) is 12.8. The maximum Gasteiger partial charge on any atom is 0.339 e. The fourth-order valence-corrected chi connectivity index (χ4v) is 1.55. The van der Waals surface area contributed by atoms with Crippen molar-refractivity contribution in [3.63, 3.8) is 0 Å². The van der Waals surface area contributed by atoms with Crippen molar-refractivity contribution in [2.24, 2.45) is 0 Å². The molecule has 0 radical (unpaired) electrons. The molecule has 4 heteroatoms. The number of ether oxygens (including phenoxy) is 1. The number of carbonyl (C=O) groups excluding carboxylic acids is 1. The summed E-state index contributed by atoms with van der Waals surface area (Å²) in [5, 5.41) is 0. The normalized spacial score (nSPS) is 9.89. The number of hydrogen-bond donors (Lipinski definition) is 1. The first-order chi connectivity index (χ1) is 9.15. The molecule has 96 valence electrons. The third kappa shape index (κ3) is 3.67. The molecule has 2 aromatic rings. The van der Waals surface area contributed by atoms with Gasteiger partial charge in [-0.2, -0.15) is 0 Å². The van der Waals surface area contributed by atoms with Gasteiger partial charge in [0.2, 0.25) is 0 Å². The number of hydrogen-bond acceptors (Lipinski definition) is 4. The zero-order valence-corrected chi connectivity index (χ0v) is 10.4. The fraction of sp³-hybridized carbons (Fsp3) is 0.0667. The summed E-state index contributed by atoms with van der Waals surface area (Å²) in [7, 11) is 0. The van der Waals surface area contributed by atoms with Crippen molar-refractivity contribution in [2.75, 3.05) is 5.73 Å². The highest BCUT2D eigenvalue weighted by molar-refractivity contribution is 5.89. The zero-order valence-electron chi connectivity index (χ0n) is 10.4. The van der Waals surface area contributed by atoms with Crippen molar-refractivity contribution >= 4 is 11.8 Å². The lowest BCUT2D eigenvalue weighted by Crippen LogP contribution is -2.12. The highest BCUT2D eigenvalue weighted by Crippen LogP contribution is 2.13. The fourth-order valence-electron chi connectivity index (χ4n) is 1.55. The van der Waals surface area contributed by atoms with Gasteiger partial charge in [0.1, 0.15) is 11.6 Å². The molecule has 0 unspecified atom stereocenters. The van der Waals surface area contributed by atoms with Gasteiger partial charge in [-0.3, -0.25) is 0 Å². The highest BCUT2D eigenvalue weighted by atomic mass is 16.5. The Morgan fingerprint density at radius 2 is 1.95 bits per heavy atom. The Balaban J connectivity index is 1.96. The number of aromatic nitrogens is 1. The minimum absolute atomic E-state index is 0.355. The van der Waals surface area contributed by atoms with E-state index in [0.717, 1.165) is 5.56 Å². The standard InChI is InChI=1S/C15H14N2O2/c1-11(9-12-5-3-2-4-6-12)15(18)19-13-7-8-14(16)17-10-13/h2-8,10H,1,9H2,(H2,16,17). The second-order valence-corrected chi connectivity index (χ2v) is 4.07. The number of anilines is 1. The van der Waals surface area contributed by atoms with Crippen molar-refractivity contribution in [2.45, 2.75) is 6.42 Å². The predicted molar refractivity (Wildman–Crippen MR) is 73.6 cm³/mol. The van der Waals surface area contributed by atoms with Crippen LogP contribution >= 0.6 is 0 Å². The molecular weight excluding hydrogens is 240 g/mol. The molecule has 2 N–H and O–H groups in total. The molecule has 2 rings (SSSR count). The Bertz CT molecular complexity index is 577. The molecule has 19 heavy (non-hydrogen) atoms. The molecular formula is C15H14N2O2. The molecule has 0 saturated carbocycles. The maximum atomic E-state index is 11.8. The molecule has 0 fully saturated rings. The second-order valence-electron chi connectivity index (χ2n) is 4.07.